The Kier molecular flexibility index (Phi) is 14.1. The smallest absolute Gasteiger partial charge is 0.274 e. The van der Waals surface area contributed by atoms with Crippen LogP contribution in [-0.2, 0) is 14.2 Å². The molecule has 15 heteroatoms. The van der Waals surface area contributed by atoms with Crippen LogP contribution in [0.15, 0.2) is 69.4 Å². The minimum atomic E-state index is -0.118. The first kappa shape index (κ1) is 37.0. The molecule has 0 bridgehead atoms. The second-order valence-electron chi connectivity index (χ2n) is 9.76. The van der Waals surface area contributed by atoms with E-state index in [1.807, 2.05) is 0 Å². The molecule has 0 spiro atoms. The van der Waals surface area contributed by atoms with E-state index >= 15 is 0 Å². The molecule has 0 saturated heterocycles. The fourth-order valence-electron chi connectivity index (χ4n) is 4.48. The molecule has 42 heavy (non-hydrogen) atoms. The van der Waals surface area contributed by atoms with Gasteiger partial charge in [-0.15, -0.1) is 37.2 Å². The predicted octanol–water partition coefficient (Wildman–Crippen LogP) is 2.44. The van der Waals surface area contributed by atoms with Crippen molar-refractivity contribution < 1.29 is 14.2 Å². The third kappa shape index (κ3) is 8.52. The molecule has 0 aromatic carbocycles. The number of anilines is 3. The number of halogens is 3. The van der Waals surface area contributed by atoms with Gasteiger partial charge in [0, 0.05) is 39.9 Å². The van der Waals surface area contributed by atoms with Gasteiger partial charge in [-0.2, -0.15) is 0 Å². The maximum atomic E-state index is 11.5. The molecule has 0 radical (unpaired) electrons. The Hall–Kier alpha value is -3.00. The van der Waals surface area contributed by atoms with Gasteiger partial charge in [-0.1, -0.05) is 0 Å². The van der Waals surface area contributed by atoms with Crippen LogP contribution >= 0.6 is 37.2 Å². The van der Waals surface area contributed by atoms with Gasteiger partial charge in [0.15, 0.2) is 0 Å². The number of nitrogens with two attached hydrogens (primary N) is 3. The Morgan fingerprint density at radius 3 is 0.976 bits per heavy atom. The highest BCUT2D eigenvalue weighted by Crippen LogP contribution is 2.38. The highest BCUT2D eigenvalue weighted by molar-refractivity contribution is 5.86. The molecule has 3 aliphatic carbocycles. The summed E-state index contributed by atoms with van der Waals surface area (Å²) < 4.78 is 20.3. The topological polar surface area (TPSA) is 172 Å². The Labute approximate surface area is 262 Å². The average Bonchev–Trinajstić information content (AvgIpc) is 3.81. The lowest BCUT2D eigenvalue weighted by Crippen LogP contribution is -2.22. The summed E-state index contributed by atoms with van der Waals surface area (Å²) >= 11 is 0. The van der Waals surface area contributed by atoms with Crippen molar-refractivity contribution in [1.82, 2.24) is 13.7 Å². The van der Waals surface area contributed by atoms with E-state index in [0.717, 1.165) is 19.3 Å². The minimum absolute atomic E-state index is 0. The molecule has 6 rings (SSSR count). The summed E-state index contributed by atoms with van der Waals surface area (Å²) in [5.41, 5.74) is 17.0. The van der Waals surface area contributed by atoms with E-state index in [9.17, 15) is 14.4 Å². The molecule has 6 N–H and O–H groups in total. The normalized spacial score (nSPS) is 24.1. The number of methoxy groups -OCH3 is 3. The van der Waals surface area contributed by atoms with Gasteiger partial charge >= 0.3 is 0 Å². The van der Waals surface area contributed by atoms with Crippen LogP contribution in [0.2, 0.25) is 0 Å². The maximum absolute atomic E-state index is 11.5. The molecule has 234 valence electrons. The fourth-order valence-corrected chi connectivity index (χ4v) is 4.48. The number of rotatable bonds is 6. The quantitative estimate of drug-likeness (QED) is 0.363. The van der Waals surface area contributed by atoms with Crippen molar-refractivity contribution in [1.29, 1.82) is 0 Å². The molecule has 3 aliphatic rings. The van der Waals surface area contributed by atoms with E-state index in [1.54, 1.807) is 90.0 Å². The van der Waals surface area contributed by atoms with Crippen LogP contribution in [0.1, 0.15) is 37.4 Å². The highest BCUT2D eigenvalue weighted by Gasteiger charge is 2.41. The van der Waals surface area contributed by atoms with Gasteiger partial charge in [-0.05, 0) is 55.7 Å². The predicted molar refractivity (Wildman–Crippen MR) is 170 cm³/mol. The first-order chi connectivity index (χ1) is 18.7. The van der Waals surface area contributed by atoms with Crippen molar-refractivity contribution in [2.75, 3.05) is 38.5 Å². The van der Waals surface area contributed by atoms with Crippen molar-refractivity contribution in [3.8, 4) is 0 Å². The van der Waals surface area contributed by atoms with Crippen molar-refractivity contribution in [3.05, 3.63) is 86.1 Å². The van der Waals surface area contributed by atoms with Crippen LogP contribution in [0, 0.1) is 0 Å². The molecule has 3 aromatic heterocycles. The van der Waals surface area contributed by atoms with Crippen LogP contribution in [0.3, 0.4) is 0 Å². The summed E-state index contributed by atoms with van der Waals surface area (Å²) in [7, 11) is 4.96. The number of hydrogen-bond acceptors (Lipinski definition) is 9. The van der Waals surface area contributed by atoms with Crippen LogP contribution in [-0.4, -0.2) is 53.3 Å². The van der Waals surface area contributed by atoms with Gasteiger partial charge in [0.2, 0.25) is 0 Å². The minimum Gasteiger partial charge on any atom is -0.394 e. The van der Waals surface area contributed by atoms with Gasteiger partial charge in [0.25, 0.3) is 16.7 Å². The summed E-state index contributed by atoms with van der Waals surface area (Å²) in [6, 6.07) is 10.7. The van der Waals surface area contributed by atoms with E-state index in [-0.39, 0.29) is 90.3 Å². The first-order valence-corrected chi connectivity index (χ1v) is 12.7. The van der Waals surface area contributed by atoms with E-state index < -0.39 is 0 Å². The molecule has 0 aliphatic heterocycles. The van der Waals surface area contributed by atoms with E-state index in [4.69, 9.17) is 31.4 Å². The maximum Gasteiger partial charge on any atom is 0.274 e. The van der Waals surface area contributed by atoms with Gasteiger partial charge in [-0.3, -0.25) is 14.4 Å². The molecule has 3 aromatic rings. The van der Waals surface area contributed by atoms with Crippen LogP contribution in [0.4, 0.5) is 17.1 Å². The zero-order valence-corrected chi connectivity index (χ0v) is 26.0. The molecule has 3 fully saturated rings. The molecule has 12 nitrogen and oxygen atoms in total. The first-order valence-electron chi connectivity index (χ1n) is 12.7. The van der Waals surface area contributed by atoms with E-state index in [0.29, 0.717) is 17.1 Å². The summed E-state index contributed by atoms with van der Waals surface area (Å²) in [6.45, 7) is 0. The number of aromatic nitrogens is 3. The monoisotopic (exact) mass is 648 g/mol. The summed E-state index contributed by atoms with van der Waals surface area (Å²) in [5, 5.41) is 0. The number of hydrogen-bond donors (Lipinski definition) is 3. The van der Waals surface area contributed by atoms with Crippen LogP contribution < -0.4 is 33.9 Å². The summed E-state index contributed by atoms with van der Waals surface area (Å²) in [4.78, 5) is 34.5. The second-order valence-corrected chi connectivity index (χ2v) is 9.76. The molecule has 6 atom stereocenters. The molecule has 3 saturated carbocycles. The molecule has 0 amide bonds. The Balaban J connectivity index is 0.000000304. The SMILES string of the molecule is CO[C@@H]1C[C@H]1n1cccc(N)c1=O.CO[C@H]1C[C@@H]1n1cccc(N)c1=O.CO[C@H]1C[C@@H]1n1cccc(N)c1=O.Cl.Cl.Cl. The Morgan fingerprint density at radius 1 is 0.548 bits per heavy atom. The average molecular weight is 650 g/mol. The van der Waals surface area contributed by atoms with Crippen LogP contribution in [0.25, 0.3) is 0 Å². The van der Waals surface area contributed by atoms with E-state index in [2.05, 4.69) is 0 Å². The largest absolute Gasteiger partial charge is 0.394 e. The third-order valence-corrected chi connectivity index (χ3v) is 7.09. The highest BCUT2D eigenvalue weighted by atomic mass is 35.5. The zero-order chi connectivity index (χ0) is 28.3. The van der Waals surface area contributed by atoms with Crippen molar-refractivity contribution in [2.24, 2.45) is 0 Å². The number of pyridine rings is 3. The standard InChI is InChI=1S/3C9H12N2O2.3ClH/c3*1-13-8-5-7(8)11-4-2-3-6(10)9(11)12;;;/h3*2-4,7-8H,5,10H2,1H3;3*1H/t3*7-,8-;;;/m100.../s1. The van der Waals surface area contributed by atoms with Crippen molar-refractivity contribution >= 4 is 54.3 Å². The summed E-state index contributed by atoms with van der Waals surface area (Å²) in [6.07, 6.45) is 8.51. The summed E-state index contributed by atoms with van der Waals surface area (Å²) in [5.74, 6) is 0. The second kappa shape index (κ2) is 16.0. The Bertz CT molecular complexity index is 1310. The van der Waals surface area contributed by atoms with Gasteiger partial charge in [0.05, 0.1) is 53.5 Å². The van der Waals surface area contributed by atoms with Gasteiger partial charge in [-0.25, -0.2) is 0 Å². The van der Waals surface area contributed by atoms with Gasteiger partial charge < -0.3 is 45.1 Å². The molecule has 0 unspecified atom stereocenters. The molecular weight excluding hydrogens is 611 g/mol. The zero-order valence-electron chi connectivity index (χ0n) is 23.5. The van der Waals surface area contributed by atoms with Crippen LogP contribution in [0.5, 0.6) is 0 Å². The van der Waals surface area contributed by atoms with Gasteiger partial charge in [0.1, 0.15) is 0 Å². The Morgan fingerprint density at radius 2 is 0.786 bits per heavy atom. The van der Waals surface area contributed by atoms with E-state index in [1.165, 1.54) is 0 Å². The van der Waals surface area contributed by atoms with Crippen molar-refractivity contribution in [3.63, 3.8) is 0 Å². The molecule has 3 heterocycles. The third-order valence-electron chi connectivity index (χ3n) is 7.09. The number of nitrogens with zero attached hydrogens (tertiary/aromatic N) is 3. The lowest BCUT2D eigenvalue weighted by Gasteiger charge is -2.04. The fraction of sp³-hybridized carbons (Fsp3) is 0.444. The number of nitrogen functional groups attached to an aromatic ring is 3. The lowest BCUT2D eigenvalue weighted by molar-refractivity contribution is 0.169. The molecular formula is C27H39Cl3N6O6. The number of ether oxygens (including phenoxy) is 3. The lowest BCUT2D eigenvalue weighted by atomic mass is 10.4. The van der Waals surface area contributed by atoms with Crippen molar-refractivity contribution in [2.45, 2.75) is 55.7 Å².